The Balaban J connectivity index is 2.38. The maximum Gasteiger partial charge on any atom is 0.223 e. The van der Waals surface area contributed by atoms with Gasteiger partial charge >= 0.3 is 0 Å². The van der Waals surface area contributed by atoms with Crippen molar-refractivity contribution >= 4 is 5.91 Å². The van der Waals surface area contributed by atoms with Crippen molar-refractivity contribution in [3.05, 3.63) is 0 Å². The number of hydrogen-bond acceptors (Lipinski definition) is 2. The van der Waals surface area contributed by atoms with Gasteiger partial charge in [-0.05, 0) is 46.7 Å². The van der Waals surface area contributed by atoms with Gasteiger partial charge in [0.05, 0.1) is 0 Å². The highest BCUT2D eigenvalue weighted by molar-refractivity contribution is 5.78. The van der Waals surface area contributed by atoms with Gasteiger partial charge in [-0.25, -0.2) is 0 Å². The Kier molecular flexibility index (Phi) is 4.99. The van der Waals surface area contributed by atoms with Gasteiger partial charge in [-0.15, -0.1) is 0 Å². The smallest absolute Gasteiger partial charge is 0.223 e. The first-order valence-corrected chi connectivity index (χ1v) is 6.80. The molecule has 0 bridgehead atoms. The van der Waals surface area contributed by atoms with Crippen molar-refractivity contribution in [2.45, 2.75) is 52.0 Å². The number of nitrogens with one attached hydrogen (secondary N) is 1. The van der Waals surface area contributed by atoms with Crippen LogP contribution in [-0.2, 0) is 4.79 Å². The molecule has 100 valence electrons. The molecule has 1 atom stereocenters. The van der Waals surface area contributed by atoms with Gasteiger partial charge in [0.25, 0.3) is 0 Å². The van der Waals surface area contributed by atoms with Crippen LogP contribution in [0.25, 0.3) is 0 Å². The van der Waals surface area contributed by atoms with Crippen LogP contribution in [0.1, 0.15) is 46.5 Å². The summed E-state index contributed by atoms with van der Waals surface area (Å²) in [5.74, 6) is 1.01. The maximum absolute atomic E-state index is 12.1. The lowest BCUT2D eigenvalue weighted by atomic mass is 9.91. The molecule has 0 aromatic rings. The molecule has 1 aliphatic rings. The first-order valence-electron chi connectivity index (χ1n) is 6.80. The van der Waals surface area contributed by atoms with E-state index in [2.05, 4.69) is 31.0 Å². The van der Waals surface area contributed by atoms with Gasteiger partial charge < -0.3 is 10.2 Å². The van der Waals surface area contributed by atoms with E-state index in [-0.39, 0.29) is 17.4 Å². The van der Waals surface area contributed by atoms with Crippen LogP contribution in [0, 0.1) is 11.8 Å². The molecule has 3 heteroatoms. The Morgan fingerprint density at radius 3 is 2.35 bits per heavy atom. The average Bonchev–Trinajstić information content (AvgIpc) is 2.78. The van der Waals surface area contributed by atoms with Gasteiger partial charge in [-0.3, -0.25) is 4.79 Å². The predicted molar refractivity (Wildman–Crippen MR) is 71.9 cm³/mol. The van der Waals surface area contributed by atoms with Gasteiger partial charge in [0.15, 0.2) is 0 Å². The third-order valence-electron chi connectivity index (χ3n) is 4.43. The molecule has 1 rings (SSSR count). The van der Waals surface area contributed by atoms with Gasteiger partial charge in [0.2, 0.25) is 5.91 Å². The average molecular weight is 240 g/mol. The molecule has 1 fully saturated rings. The zero-order chi connectivity index (χ0) is 13.1. The lowest BCUT2D eigenvalue weighted by molar-refractivity contribution is -0.126. The van der Waals surface area contributed by atoms with E-state index < -0.39 is 0 Å². The number of likely N-dealkylation sites (N-methyl/N-ethyl adjacent to an activating group) is 1. The molecule has 17 heavy (non-hydrogen) atoms. The Morgan fingerprint density at radius 1 is 1.35 bits per heavy atom. The summed E-state index contributed by atoms with van der Waals surface area (Å²) in [5.41, 5.74) is 0.0189. The van der Waals surface area contributed by atoms with E-state index in [1.54, 1.807) is 0 Å². The molecule has 1 amide bonds. The molecule has 0 heterocycles. The van der Waals surface area contributed by atoms with Crippen LogP contribution >= 0.6 is 0 Å². The number of nitrogens with zero attached hydrogens (tertiary/aromatic N) is 1. The molecular weight excluding hydrogens is 212 g/mol. The SMILES string of the molecule is CC(C(=O)NCC(C)(C)N(C)C)C1CCCC1. The minimum atomic E-state index is 0.0189. The normalized spacial score (nSPS) is 19.6. The van der Waals surface area contributed by atoms with Gasteiger partial charge in [0.1, 0.15) is 0 Å². The van der Waals surface area contributed by atoms with Crippen molar-refractivity contribution in [1.29, 1.82) is 0 Å². The fourth-order valence-corrected chi connectivity index (χ4v) is 2.29. The Labute approximate surface area is 106 Å². The van der Waals surface area contributed by atoms with Crippen molar-refractivity contribution in [2.75, 3.05) is 20.6 Å². The van der Waals surface area contributed by atoms with E-state index in [0.717, 1.165) is 6.54 Å². The Morgan fingerprint density at radius 2 is 1.88 bits per heavy atom. The molecular formula is C14H28N2O. The monoisotopic (exact) mass is 240 g/mol. The van der Waals surface area contributed by atoms with Crippen molar-refractivity contribution in [2.24, 2.45) is 11.8 Å². The van der Waals surface area contributed by atoms with Crippen LogP contribution < -0.4 is 5.32 Å². The van der Waals surface area contributed by atoms with Crippen LogP contribution in [0.3, 0.4) is 0 Å². The van der Waals surface area contributed by atoms with Gasteiger partial charge in [-0.1, -0.05) is 19.8 Å². The molecule has 0 aliphatic heterocycles. The highest BCUT2D eigenvalue weighted by Gasteiger charge is 2.28. The largest absolute Gasteiger partial charge is 0.354 e. The summed E-state index contributed by atoms with van der Waals surface area (Å²) in [6.07, 6.45) is 5.05. The summed E-state index contributed by atoms with van der Waals surface area (Å²) in [5, 5.41) is 3.10. The molecule has 0 spiro atoms. The summed E-state index contributed by atoms with van der Waals surface area (Å²) in [6.45, 7) is 7.09. The molecule has 1 unspecified atom stereocenters. The van der Waals surface area contributed by atoms with Crippen LogP contribution in [0.15, 0.2) is 0 Å². The fourth-order valence-electron chi connectivity index (χ4n) is 2.29. The second-order valence-electron chi connectivity index (χ2n) is 6.26. The lowest BCUT2D eigenvalue weighted by Gasteiger charge is -2.33. The summed E-state index contributed by atoms with van der Waals surface area (Å²) in [4.78, 5) is 14.2. The van der Waals surface area contributed by atoms with E-state index in [4.69, 9.17) is 0 Å². The summed E-state index contributed by atoms with van der Waals surface area (Å²) >= 11 is 0. The highest BCUT2D eigenvalue weighted by atomic mass is 16.1. The minimum Gasteiger partial charge on any atom is -0.354 e. The third-order valence-corrected chi connectivity index (χ3v) is 4.43. The van der Waals surface area contributed by atoms with Crippen LogP contribution in [-0.4, -0.2) is 37.0 Å². The summed E-state index contributed by atoms with van der Waals surface area (Å²) in [7, 11) is 4.10. The number of hydrogen-bond donors (Lipinski definition) is 1. The quantitative estimate of drug-likeness (QED) is 0.799. The maximum atomic E-state index is 12.1. The van der Waals surface area contributed by atoms with Crippen LogP contribution in [0.2, 0.25) is 0 Å². The van der Waals surface area contributed by atoms with E-state index >= 15 is 0 Å². The highest BCUT2D eigenvalue weighted by Crippen LogP contribution is 2.31. The molecule has 0 radical (unpaired) electrons. The first-order chi connectivity index (χ1) is 7.84. The Hall–Kier alpha value is -0.570. The molecule has 3 nitrogen and oxygen atoms in total. The van der Waals surface area contributed by atoms with Crippen molar-refractivity contribution in [3.8, 4) is 0 Å². The van der Waals surface area contributed by atoms with Gasteiger partial charge in [0, 0.05) is 18.0 Å². The number of rotatable bonds is 5. The number of amides is 1. The van der Waals surface area contributed by atoms with Crippen LogP contribution in [0.5, 0.6) is 0 Å². The second kappa shape index (κ2) is 5.85. The van der Waals surface area contributed by atoms with Crippen molar-refractivity contribution in [3.63, 3.8) is 0 Å². The molecule has 0 saturated heterocycles. The molecule has 0 aromatic carbocycles. The minimum absolute atomic E-state index is 0.0189. The lowest BCUT2D eigenvalue weighted by Crippen LogP contribution is -2.49. The predicted octanol–water partition coefficient (Wildman–Crippen LogP) is 2.27. The third kappa shape index (κ3) is 3.98. The summed E-state index contributed by atoms with van der Waals surface area (Å²) in [6, 6.07) is 0. The molecule has 0 aromatic heterocycles. The van der Waals surface area contributed by atoms with Crippen molar-refractivity contribution < 1.29 is 4.79 Å². The van der Waals surface area contributed by atoms with E-state index in [1.165, 1.54) is 25.7 Å². The van der Waals surface area contributed by atoms with E-state index in [0.29, 0.717) is 5.92 Å². The standard InChI is InChI=1S/C14H28N2O/c1-11(12-8-6-7-9-12)13(17)15-10-14(2,3)16(4)5/h11-12H,6-10H2,1-5H3,(H,15,17). The van der Waals surface area contributed by atoms with Crippen LogP contribution in [0.4, 0.5) is 0 Å². The molecule has 1 N–H and O–H groups in total. The topological polar surface area (TPSA) is 32.3 Å². The molecule has 1 saturated carbocycles. The fraction of sp³-hybridized carbons (Fsp3) is 0.929. The molecule has 1 aliphatic carbocycles. The zero-order valence-corrected chi connectivity index (χ0v) is 12.0. The van der Waals surface area contributed by atoms with Crippen molar-refractivity contribution in [1.82, 2.24) is 10.2 Å². The Bertz CT molecular complexity index is 255. The second-order valence-corrected chi connectivity index (χ2v) is 6.26. The first kappa shape index (κ1) is 14.5. The van der Waals surface area contributed by atoms with E-state index in [9.17, 15) is 4.79 Å². The number of carbonyl (C=O) groups excluding carboxylic acids is 1. The number of carbonyl (C=O) groups is 1. The zero-order valence-electron chi connectivity index (χ0n) is 12.0. The van der Waals surface area contributed by atoms with E-state index in [1.807, 2.05) is 14.1 Å². The summed E-state index contributed by atoms with van der Waals surface area (Å²) < 4.78 is 0. The van der Waals surface area contributed by atoms with Gasteiger partial charge in [-0.2, -0.15) is 0 Å².